The van der Waals surface area contributed by atoms with Crippen molar-refractivity contribution in [1.82, 2.24) is 5.32 Å². The molecule has 0 aromatic heterocycles. The van der Waals surface area contributed by atoms with Gasteiger partial charge in [-0.25, -0.2) is 0 Å². The van der Waals surface area contributed by atoms with Crippen molar-refractivity contribution >= 4 is 5.91 Å². The van der Waals surface area contributed by atoms with Gasteiger partial charge in [-0.1, -0.05) is 32.3 Å². The van der Waals surface area contributed by atoms with Crippen LogP contribution in [-0.2, 0) is 4.79 Å². The van der Waals surface area contributed by atoms with Crippen LogP contribution in [0, 0.1) is 0 Å². The van der Waals surface area contributed by atoms with E-state index in [1.807, 2.05) is 6.08 Å². The van der Waals surface area contributed by atoms with Crippen molar-refractivity contribution in [3.8, 4) is 0 Å². The molecule has 0 aromatic carbocycles. The van der Waals surface area contributed by atoms with Gasteiger partial charge in [0.15, 0.2) is 0 Å². The molecular formula is C10H17NO. The van der Waals surface area contributed by atoms with Gasteiger partial charge in [-0.05, 0) is 12.8 Å². The molecule has 0 unspecified atom stereocenters. The maximum Gasteiger partial charge on any atom is 0.247 e. The van der Waals surface area contributed by atoms with Gasteiger partial charge in [-0.3, -0.25) is 4.79 Å². The summed E-state index contributed by atoms with van der Waals surface area (Å²) in [5.41, 5.74) is 0.992. The molecule has 0 spiro atoms. The van der Waals surface area contributed by atoms with E-state index in [4.69, 9.17) is 0 Å². The number of hydrogen-bond donors (Lipinski definition) is 1. The molecule has 0 radical (unpaired) electrons. The number of nitrogens with one attached hydrogen (secondary N) is 1. The van der Waals surface area contributed by atoms with Crippen molar-refractivity contribution in [2.75, 3.05) is 6.54 Å². The first kappa shape index (κ1) is 9.30. The predicted octanol–water partition coefficient (Wildman–Crippen LogP) is 2.01. The quantitative estimate of drug-likeness (QED) is 0.623. The van der Waals surface area contributed by atoms with Crippen LogP contribution in [0.4, 0.5) is 0 Å². The summed E-state index contributed by atoms with van der Waals surface area (Å²) < 4.78 is 0. The molecule has 1 rings (SSSR count). The fraction of sp³-hybridized carbons (Fsp3) is 0.700. The molecule has 2 heteroatoms. The molecule has 0 atom stereocenters. The highest BCUT2D eigenvalue weighted by Crippen LogP contribution is 2.12. The average Bonchev–Trinajstić information content (AvgIpc) is 2.46. The smallest absolute Gasteiger partial charge is 0.247 e. The van der Waals surface area contributed by atoms with Gasteiger partial charge >= 0.3 is 0 Å². The van der Waals surface area contributed by atoms with Crippen LogP contribution in [-0.4, -0.2) is 12.5 Å². The Morgan fingerprint density at radius 2 is 2.25 bits per heavy atom. The Bertz CT molecular complexity index is 184. The van der Waals surface area contributed by atoms with Gasteiger partial charge in [-0.2, -0.15) is 0 Å². The summed E-state index contributed by atoms with van der Waals surface area (Å²) in [5, 5.41) is 2.78. The molecule has 0 saturated heterocycles. The number of carbonyl (C=O) groups is 1. The summed E-state index contributed by atoms with van der Waals surface area (Å²) in [7, 11) is 0. The average molecular weight is 167 g/mol. The lowest BCUT2D eigenvalue weighted by Gasteiger charge is -1.99. The molecule has 0 aliphatic carbocycles. The van der Waals surface area contributed by atoms with Crippen LogP contribution < -0.4 is 5.32 Å². The summed E-state index contributed by atoms with van der Waals surface area (Å²) in [6.45, 7) is 2.93. The second-order valence-corrected chi connectivity index (χ2v) is 3.25. The van der Waals surface area contributed by atoms with E-state index >= 15 is 0 Å². The van der Waals surface area contributed by atoms with E-state index in [0.29, 0.717) is 0 Å². The van der Waals surface area contributed by atoms with Crippen LogP contribution in [0.25, 0.3) is 0 Å². The molecule has 1 heterocycles. The van der Waals surface area contributed by atoms with Crippen LogP contribution >= 0.6 is 0 Å². The number of hydrogen-bond acceptors (Lipinski definition) is 1. The Morgan fingerprint density at radius 1 is 1.42 bits per heavy atom. The Hall–Kier alpha value is -0.790. The van der Waals surface area contributed by atoms with Crippen LogP contribution in [0.5, 0.6) is 0 Å². The molecule has 68 valence electrons. The summed E-state index contributed by atoms with van der Waals surface area (Å²) in [4.78, 5) is 11.1. The van der Waals surface area contributed by atoms with Crippen LogP contribution in [0.15, 0.2) is 11.6 Å². The van der Waals surface area contributed by atoms with Crippen molar-refractivity contribution in [3.63, 3.8) is 0 Å². The fourth-order valence-corrected chi connectivity index (χ4v) is 1.43. The maximum absolute atomic E-state index is 11.1. The Labute approximate surface area is 74.0 Å². The molecule has 0 saturated carbocycles. The SMILES string of the molecule is CCCCCCC1=CCNC1=O. The van der Waals surface area contributed by atoms with E-state index in [1.54, 1.807) is 0 Å². The second kappa shape index (κ2) is 4.96. The lowest BCUT2D eigenvalue weighted by molar-refractivity contribution is -0.116. The second-order valence-electron chi connectivity index (χ2n) is 3.25. The van der Waals surface area contributed by atoms with Gasteiger partial charge in [0.2, 0.25) is 5.91 Å². The normalized spacial score (nSPS) is 16.1. The lowest BCUT2D eigenvalue weighted by Crippen LogP contribution is -2.17. The first-order valence-corrected chi connectivity index (χ1v) is 4.82. The van der Waals surface area contributed by atoms with E-state index in [2.05, 4.69) is 12.2 Å². The van der Waals surface area contributed by atoms with Gasteiger partial charge < -0.3 is 5.32 Å². The predicted molar refractivity (Wildman–Crippen MR) is 49.9 cm³/mol. The topological polar surface area (TPSA) is 29.1 Å². The third-order valence-corrected chi connectivity index (χ3v) is 2.20. The zero-order chi connectivity index (χ0) is 8.81. The number of rotatable bonds is 5. The third-order valence-electron chi connectivity index (χ3n) is 2.20. The highest BCUT2D eigenvalue weighted by Gasteiger charge is 2.12. The molecule has 1 aliphatic rings. The minimum absolute atomic E-state index is 0.145. The van der Waals surface area contributed by atoms with E-state index in [1.165, 1.54) is 19.3 Å². The van der Waals surface area contributed by atoms with Crippen molar-refractivity contribution in [2.24, 2.45) is 0 Å². The van der Waals surface area contributed by atoms with Gasteiger partial charge in [0, 0.05) is 12.1 Å². The zero-order valence-electron chi connectivity index (χ0n) is 7.73. The molecule has 1 amide bonds. The number of amides is 1. The zero-order valence-corrected chi connectivity index (χ0v) is 7.73. The first-order chi connectivity index (χ1) is 5.84. The van der Waals surface area contributed by atoms with Gasteiger partial charge in [0.1, 0.15) is 0 Å². The summed E-state index contributed by atoms with van der Waals surface area (Å²) >= 11 is 0. The number of carbonyl (C=O) groups excluding carboxylic acids is 1. The standard InChI is InChI=1S/C10H17NO/c1-2-3-4-5-6-9-7-8-11-10(9)12/h7H,2-6,8H2,1H3,(H,11,12). The van der Waals surface area contributed by atoms with Crippen molar-refractivity contribution in [1.29, 1.82) is 0 Å². The van der Waals surface area contributed by atoms with E-state index < -0.39 is 0 Å². The third kappa shape index (κ3) is 2.68. The molecule has 0 bridgehead atoms. The molecule has 0 fully saturated rings. The highest BCUT2D eigenvalue weighted by molar-refractivity contribution is 5.95. The van der Waals surface area contributed by atoms with E-state index in [0.717, 1.165) is 25.0 Å². The Balaban J connectivity index is 2.10. The van der Waals surface area contributed by atoms with Gasteiger partial charge in [-0.15, -0.1) is 0 Å². The van der Waals surface area contributed by atoms with Crippen molar-refractivity contribution in [2.45, 2.75) is 39.0 Å². The van der Waals surface area contributed by atoms with E-state index in [-0.39, 0.29) is 5.91 Å². The first-order valence-electron chi connectivity index (χ1n) is 4.82. The highest BCUT2D eigenvalue weighted by atomic mass is 16.1. The molecule has 12 heavy (non-hydrogen) atoms. The summed E-state index contributed by atoms with van der Waals surface area (Å²) in [6, 6.07) is 0. The minimum atomic E-state index is 0.145. The molecule has 1 aliphatic heterocycles. The summed E-state index contributed by atoms with van der Waals surface area (Å²) in [6.07, 6.45) is 7.93. The molecular weight excluding hydrogens is 150 g/mol. The Morgan fingerprint density at radius 3 is 2.83 bits per heavy atom. The van der Waals surface area contributed by atoms with Crippen LogP contribution in [0.3, 0.4) is 0 Å². The molecule has 1 N–H and O–H groups in total. The minimum Gasteiger partial charge on any atom is -0.349 e. The van der Waals surface area contributed by atoms with Crippen LogP contribution in [0.2, 0.25) is 0 Å². The maximum atomic E-state index is 11.1. The molecule has 0 aromatic rings. The van der Waals surface area contributed by atoms with Crippen molar-refractivity contribution in [3.05, 3.63) is 11.6 Å². The lowest BCUT2D eigenvalue weighted by atomic mass is 10.1. The summed E-state index contributed by atoms with van der Waals surface area (Å²) in [5.74, 6) is 0.145. The largest absolute Gasteiger partial charge is 0.349 e. The monoisotopic (exact) mass is 167 g/mol. The van der Waals surface area contributed by atoms with Gasteiger partial charge in [0.25, 0.3) is 0 Å². The fourth-order valence-electron chi connectivity index (χ4n) is 1.43. The van der Waals surface area contributed by atoms with Crippen molar-refractivity contribution < 1.29 is 4.79 Å². The number of unbranched alkanes of at least 4 members (excludes halogenated alkanes) is 3. The Kier molecular flexibility index (Phi) is 3.85. The van der Waals surface area contributed by atoms with E-state index in [9.17, 15) is 4.79 Å². The molecule has 2 nitrogen and oxygen atoms in total. The van der Waals surface area contributed by atoms with Gasteiger partial charge in [0.05, 0.1) is 0 Å². The van der Waals surface area contributed by atoms with Crippen LogP contribution in [0.1, 0.15) is 39.0 Å².